The van der Waals surface area contributed by atoms with E-state index in [1.807, 2.05) is 53.7 Å². The van der Waals surface area contributed by atoms with Crippen molar-refractivity contribution in [2.75, 3.05) is 6.61 Å². The summed E-state index contributed by atoms with van der Waals surface area (Å²) in [4.78, 5) is 25.4. The van der Waals surface area contributed by atoms with E-state index in [4.69, 9.17) is 9.30 Å². The second-order valence-electron chi connectivity index (χ2n) is 6.84. The quantitative estimate of drug-likeness (QED) is 0.219. The summed E-state index contributed by atoms with van der Waals surface area (Å²) >= 11 is 0. The lowest BCUT2D eigenvalue weighted by Crippen LogP contribution is -2.29. The summed E-state index contributed by atoms with van der Waals surface area (Å²) in [5.74, 6) is -0.924. The van der Waals surface area contributed by atoms with E-state index >= 15 is 0 Å². The van der Waals surface area contributed by atoms with Gasteiger partial charge in [0.1, 0.15) is 5.92 Å². The number of aryl methyl sites for hydroxylation is 3. The first-order valence-corrected chi connectivity index (χ1v) is 9.43. The highest BCUT2D eigenvalue weighted by atomic mass is 31.0. The van der Waals surface area contributed by atoms with Crippen LogP contribution in [0.4, 0.5) is 0 Å². The molecule has 0 amide bonds. The predicted octanol–water partition coefficient (Wildman–Crippen LogP) is 4.74. The summed E-state index contributed by atoms with van der Waals surface area (Å²) < 4.78 is 13.6. The second-order valence-corrected chi connectivity index (χ2v) is 6.84. The molecule has 4 nitrogen and oxygen atoms in total. The molecule has 0 saturated carbocycles. The number of Topliss-reactive ketones (excluding diaryl/α,β-unsaturated/α-hetero) is 1. The van der Waals surface area contributed by atoms with Gasteiger partial charge in [0.05, 0.1) is 15.7 Å². The van der Waals surface area contributed by atoms with Gasteiger partial charge < -0.3 is 9.30 Å². The zero-order valence-electron chi connectivity index (χ0n) is 16.5. The molecular formula is C20H33O4P. The first-order chi connectivity index (χ1) is 11.8. The highest BCUT2D eigenvalue weighted by molar-refractivity contribution is 7.00. The van der Waals surface area contributed by atoms with Crippen molar-refractivity contribution >= 4 is 20.9 Å². The van der Waals surface area contributed by atoms with Crippen molar-refractivity contribution in [3.63, 3.8) is 0 Å². The minimum absolute atomic E-state index is 0.102. The van der Waals surface area contributed by atoms with Gasteiger partial charge in [-0.2, -0.15) is 0 Å². The van der Waals surface area contributed by atoms with Crippen LogP contribution in [0.25, 0.3) is 0 Å². The van der Waals surface area contributed by atoms with E-state index in [1.54, 1.807) is 0 Å². The molecule has 142 valence electrons. The third-order valence-corrected chi connectivity index (χ3v) is 3.97. The molecule has 1 rings (SSSR count). The number of hydrogen-bond acceptors (Lipinski definition) is 4. The number of rotatable bonds is 8. The SMILES string of the molecule is CCCCOC(=O)C(CC(C)C)C(=O)c1c(C)cc(C)cc1C.O=[PH3]. The van der Waals surface area contributed by atoms with E-state index in [2.05, 4.69) is 0 Å². The number of ether oxygens (including phenoxy) is 1. The number of carbonyl (C=O) groups is 2. The average molecular weight is 368 g/mol. The van der Waals surface area contributed by atoms with Gasteiger partial charge in [-0.3, -0.25) is 9.59 Å². The van der Waals surface area contributed by atoms with Gasteiger partial charge in [0.25, 0.3) is 0 Å². The molecule has 0 saturated heterocycles. The van der Waals surface area contributed by atoms with Crippen LogP contribution >= 0.6 is 9.12 Å². The summed E-state index contributed by atoms with van der Waals surface area (Å²) in [6.45, 7) is 12.4. The lowest BCUT2D eigenvalue weighted by Gasteiger charge is -2.19. The van der Waals surface area contributed by atoms with E-state index in [9.17, 15) is 9.59 Å². The molecule has 0 spiro atoms. The number of unbranched alkanes of at least 4 members (excludes halogenated alkanes) is 1. The normalized spacial score (nSPS) is 11.6. The zero-order valence-corrected chi connectivity index (χ0v) is 17.9. The van der Waals surface area contributed by atoms with Crippen LogP contribution in [0.15, 0.2) is 12.1 Å². The van der Waals surface area contributed by atoms with Gasteiger partial charge in [-0.25, -0.2) is 0 Å². The van der Waals surface area contributed by atoms with Crippen molar-refractivity contribution in [1.29, 1.82) is 0 Å². The van der Waals surface area contributed by atoms with Crippen molar-refractivity contribution in [2.45, 2.75) is 60.8 Å². The predicted molar refractivity (Wildman–Crippen MR) is 106 cm³/mol. The second kappa shape index (κ2) is 12.0. The third-order valence-electron chi connectivity index (χ3n) is 3.97. The molecule has 0 aliphatic carbocycles. The topological polar surface area (TPSA) is 60.4 Å². The summed E-state index contributed by atoms with van der Waals surface area (Å²) in [5, 5.41) is 0. The number of esters is 1. The van der Waals surface area contributed by atoms with Crippen molar-refractivity contribution in [2.24, 2.45) is 11.8 Å². The fourth-order valence-electron chi connectivity index (χ4n) is 2.94. The molecule has 0 radical (unpaired) electrons. The molecule has 2 unspecified atom stereocenters. The largest absolute Gasteiger partial charge is 0.465 e. The summed E-state index contributed by atoms with van der Waals surface area (Å²) in [7, 11) is 0.611. The minimum Gasteiger partial charge on any atom is -0.465 e. The van der Waals surface area contributed by atoms with Crippen molar-refractivity contribution in [3.05, 3.63) is 34.4 Å². The Kier molecular flexibility index (Phi) is 11.3. The van der Waals surface area contributed by atoms with Crippen molar-refractivity contribution in [3.8, 4) is 0 Å². The van der Waals surface area contributed by atoms with Crippen LogP contribution in [0.2, 0.25) is 0 Å². The van der Waals surface area contributed by atoms with Crippen molar-refractivity contribution in [1.82, 2.24) is 0 Å². The minimum atomic E-state index is -0.702. The Bertz CT molecular complexity index is 558. The Balaban J connectivity index is 0.00000277. The Labute approximate surface area is 154 Å². The molecule has 0 aromatic heterocycles. The Morgan fingerprint density at radius 1 is 1.08 bits per heavy atom. The first-order valence-electron chi connectivity index (χ1n) is 8.85. The fourth-order valence-corrected chi connectivity index (χ4v) is 2.94. The van der Waals surface area contributed by atoms with Gasteiger partial charge >= 0.3 is 5.97 Å². The molecule has 25 heavy (non-hydrogen) atoms. The first kappa shape index (κ1) is 23.6. The summed E-state index contributed by atoms with van der Waals surface area (Å²) in [5.41, 5.74) is 3.67. The van der Waals surface area contributed by atoms with Gasteiger partial charge in [-0.15, -0.1) is 0 Å². The van der Waals surface area contributed by atoms with Crippen molar-refractivity contribution < 1.29 is 18.9 Å². The zero-order chi connectivity index (χ0) is 19.6. The summed E-state index contributed by atoms with van der Waals surface area (Å²) in [6.07, 6.45) is 2.32. The van der Waals surface area contributed by atoms with E-state index in [1.165, 1.54) is 0 Å². The van der Waals surface area contributed by atoms with E-state index in [0.717, 1.165) is 29.5 Å². The highest BCUT2D eigenvalue weighted by Gasteiger charge is 2.31. The van der Waals surface area contributed by atoms with Gasteiger partial charge in [-0.05, 0) is 50.7 Å². The maximum atomic E-state index is 13.0. The van der Waals surface area contributed by atoms with Crippen LogP contribution in [-0.2, 0) is 14.1 Å². The lowest BCUT2D eigenvalue weighted by molar-refractivity contribution is -0.147. The smallest absolute Gasteiger partial charge is 0.316 e. The van der Waals surface area contributed by atoms with Crippen LogP contribution in [0, 0.1) is 32.6 Å². The van der Waals surface area contributed by atoms with Crippen LogP contribution in [0.1, 0.15) is 67.1 Å². The molecule has 2 atom stereocenters. The molecule has 1 aromatic rings. The van der Waals surface area contributed by atoms with E-state index < -0.39 is 5.92 Å². The molecule has 1 aromatic carbocycles. The van der Waals surface area contributed by atoms with Crippen LogP contribution in [0.3, 0.4) is 0 Å². The molecule has 0 aliphatic heterocycles. The monoisotopic (exact) mass is 368 g/mol. The number of ketones is 1. The lowest BCUT2D eigenvalue weighted by atomic mass is 9.85. The van der Waals surface area contributed by atoms with Gasteiger partial charge in [-0.1, -0.05) is 44.9 Å². The standard InChI is InChI=1S/C20H30O3.H3OP/c1-7-8-9-23-20(22)17(10-13(2)3)19(21)18-15(5)11-14(4)12-16(18)6;1-2/h11-13,17H,7-10H2,1-6H3;2H3. The van der Waals surface area contributed by atoms with E-state index in [-0.39, 0.29) is 17.7 Å². The fraction of sp³-hybridized carbons (Fsp3) is 0.600. The highest BCUT2D eigenvalue weighted by Crippen LogP contribution is 2.24. The van der Waals surface area contributed by atoms with E-state index in [0.29, 0.717) is 27.7 Å². The average Bonchev–Trinajstić information content (AvgIpc) is 2.53. The maximum Gasteiger partial charge on any atom is 0.316 e. The number of benzene rings is 1. The summed E-state index contributed by atoms with van der Waals surface area (Å²) in [6, 6.07) is 3.99. The number of carbonyl (C=O) groups excluding carboxylic acids is 2. The Hall–Kier alpha value is -1.41. The molecule has 0 fully saturated rings. The number of hydrogen-bond donors (Lipinski definition) is 0. The Morgan fingerprint density at radius 3 is 2.04 bits per heavy atom. The molecular weight excluding hydrogens is 335 g/mol. The van der Waals surface area contributed by atoms with Gasteiger partial charge in [0.2, 0.25) is 0 Å². The van der Waals surface area contributed by atoms with Crippen LogP contribution in [0.5, 0.6) is 0 Å². The van der Waals surface area contributed by atoms with Gasteiger partial charge in [0, 0.05) is 5.56 Å². The van der Waals surface area contributed by atoms with Gasteiger partial charge in [0.15, 0.2) is 5.78 Å². The maximum absolute atomic E-state index is 13.0. The molecule has 5 heteroatoms. The molecule has 0 aliphatic rings. The molecule has 0 heterocycles. The van der Waals surface area contributed by atoms with Crippen LogP contribution in [-0.4, -0.2) is 18.4 Å². The van der Waals surface area contributed by atoms with Crippen LogP contribution < -0.4 is 0 Å². The molecule has 0 N–H and O–H groups in total. The third kappa shape index (κ3) is 7.56. The Morgan fingerprint density at radius 2 is 1.60 bits per heavy atom. The molecule has 0 bridgehead atoms.